The Kier molecular flexibility index (Phi) is 4.18. The lowest BCUT2D eigenvalue weighted by molar-refractivity contribution is 0.274. The molecule has 1 aromatic carbocycles. The fraction of sp³-hybridized carbons (Fsp3) is 0.214. The van der Waals surface area contributed by atoms with Crippen molar-refractivity contribution in [3.63, 3.8) is 0 Å². The number of aromatic nitrogens is 1. The molecule has 0 saturated heterocycles. The van der Waals surface area contributed by atoms with Crippen LogP contribution in [0.2, 0.25) is 5.02 Å². The van der Waals surface area contributed by atoms with Crippen LogP contribution >= 0.6 is 11.6 Å². The average molecular weight is 264 g/mol. The molecule has 1 aromatic heterocycles. The maximum Gasteiger partial charge on any atom is 0.214 e. The first-order valence-electron chi connectivity index (χ1n) is 5.63. The molecule has 0 fully saturated rings. The third-order valence-corrected chi connectivity index (χ3v) is 2.72. The maximum atomic E-state index is 9.10. The average Bonchev–Trinajstić information content (AvgIpc) is 2.37. The van der Waals surface area contributed by atoms with Crippen molar-refractivity contribution in [2.75, 3.05) is 0 Å². The van der Waals surface area contributed by atoms with E-state index in [4.69, 9.17) is 21.4 Å². The predicted molar refractivity (Wildman–Crippen MR) is 70.7 cm³/mol. The van der Waals surface area contributed by atoms with Gasteiger partial charge in [0.15, 0.2) is 0 Å². The van der Waals surface area contributed by atoms with Gasteiger partial charge in [-0.3, -0.25) is 0 Å². The summed E-state index contributed by atoms with van der Waals surface area (Å²) in [5, 5.41) is 9.81. The summed E-state index contributed by atoms with van der Waals surface area (Å²) in [5.74, 6) is 0.522. The van der Waals surface area contributed by atoms with Gasteiger partial charge in [-0.1, -0.05) is 23.7 Å². The third-order valence-electron chi connectivity index (χ3n) is 2.47. The van der Waals surface area contributed by atoms with Gasteiger partial charge in [0, 0.05) is 16.8 Å². The first kappa shape index (κ1) is 12.9. The van der Waals surface area contributed by atoms with E-state index in [9.17, 15) is 0 Å². The summed E-state index contributed by atoms with van der Waals surface area (Å²) < 4.78 is 5.59. The molecule has 0 aliphatic rings. The molecule has 0 bridgehead atoms. The van der Waals surface area contributed by atoms with E-state index in [0.29, 0.717) is 17.5 Å². The number of halogens is 1. The lowest BCUT2D eigenvalue weighted by atomic mass is 10.2. The molecule has 0 radical (unpaired) electrons. The second-order valence-corrected chi connectivity index (χ2v) is 4.46. The third kappa shape index (κ3) is 3.45. The molecule has 4 heteroatoms. The molecule has 0 amide bonds. The van der Waals surface area contributed by atoms with Crippen LogP contribution in [-0.2, 0) is 13.2 Å². The van der Waals surface area contributed by atoms with Crippen molar-refractivity contribution < 1.29 is 9.84 Å². The number of hydrogen-bond donors (Lipinski definition) is 1. The summed E-state index contributed by atoms with van der Waals surface area (Å²) in [6.07, 6.45) is 0. The first-order valence-corrected chi connectivity index (χ1v) is 6.01. The van der Waals surface area contributed by atoms with Crippen LogP contribution in [0.25, 0.3) is 0 Å². The number of nitrogens with zero attached hydrogens (tertiary/aromatic N) is 1. The lowest BCUT2D eigenvalue weighted by Crippen LogP contribution is -1.99. The Hall–Kier alpha value is -1.58. The minimum atomic E-state index is -0.0132. The van der Waals surface area contributed by atoms with Gasteiger partial charge in [0.1, 0.15) is 6.61 Å². The van der Waals surface area contributed by atoms with Crippen LogP contribution in [0.4, 0.5) is 0 Å². The van der Waals surface area contributed by atoms with Crippen LogP contribution in [0.5, 0.6) is 5.88 Å². The van der Waals surface area contributed by atoms with Crippen LogP contribution in [-0.4, -0.2) is 10.1 Å². The van der Waals surface area contributed by atoms with Crippen molar-refractivity contribution in [1.82, 2.24) is 4.98 Å². The minimum Gasteiger partial charge on any atom is -0.473 e. The summed E-state index contributed by atoms with van der Waals surface area (Å²) in [6, 6.07) is 11.0. The molecule has 0 aliphatic heterocycles. The molecule has 2 aromatic rings. The Morgan fingerprint density at radius 3 is 2.56 bits per heavy atom. The van der Waals surface area contributed by atoms with Crippen LogP contribution in [0.15, 0.2) is 36.4 Å². The number of benzene rings is 1. The van der Waals surface area contributed by atoms with Gasteiger partial charge in [-0.2, -0.15) is 0 Å². The molecule has 0 saturated carbocycles. The number of aliphatic hydroxyl groups excluding tert-OH is 1. The van der Waals surface area contributed by atoms with Gasteiger partial charge in [0.2, 0.25) is 5.88 Å². The largest absolute Gasteiger partial charge is 0.473 e. The van der Waals surface area contributed by atoms with E-state index in [2.05, 4.69) is 4.98 Å². The van der Waals surface area contributed by atoms with Crippen molar-refractivity contribution in [2.45, 2.75) is 20.1 Å². The molecule has 1 N–H and O–H groups in total. The molecule has 0 spiro atoms. The summed E-state index contributed by atoms with van der Waals surface area (Å²) in [7, 11) is 0. The topological polar surface area (TPSA) is 42.4 Å². The van der Waals surface area contributed by atoms with E-state index in [-0.39, 0.29) is 6.61 Å². The molecule has 0 atom stereocenters. The first-order chi connectivity index (χ1) is 8.67. The van der Waals surface area contributed by atoms with Crippen LogP contribution < -0.4 is 4.74 Å². The van der Waals surface area contributed by atoms with E-state index < -0.39 is 0 Å². The van der Waals surface area contributed by atoms with Gasteiger partial charge >= 0.3 is 0 Å². The number of hydrogen-bond acceptors (Lipinski definition) is 3. The quantitative estimate of drug-likeness (QED) is 0.922. The van der Waals surface area contributed by atoms with Gasteiger partial charge in [0.05, 0.1) is 6.61 Å². The van der Waals surface area contributed by atoms with Gasteiger partial charge in [0.25, 0.3) is 0 Å². The van der Waals surface area contributed by atoms with E-state index in [1.54, 1.807) is 6.07 Å². The van der Waals surface area contributed by atoms with Crippen LogP contribution in [0.3, 0.4) is 0 Å². The molecular formula is C14H14ClNO2. The van der Waals surface area contributed by atoms with Gasteiger partial charge < -0.3 is 9.84 Å². The summed E-state index contributed by atoms with van der Waals surface area (Å²) in [4.78, 5) is 4.26. The molecule has 2 rings (SSSR count). The van der Waals surface area contributed by atoms with Crippen molar-refractivity contribution >= 4 is 11.6 Å². The molecule has 0 unspecified atom stereocenters. The van der Waals surface area contributed by atoms with E-state index >= 15 is 0 Å². The second kappa shape index (κ2) is 5.85. The van der Waals surface area contributed by atoms with Crippen molar-refractivity contribution in [2.24, 2.45) is 0 Å². The second-order valence-electron chi connectivity index (χ2n) is 4.03. The summed E-state index contributed by atoms with van der Waals surface area (Å²) >= 11 is 5.81. The number of rotatable bonds is 4. The standard InChI is InChI=1S/C14H14ClNO2/c1-10-6-12(8-17)7-14(16-10)18-9-11-2-4-13(15)5-3-11/h2-7,17H,8-9H2,1H3. The van der Waals surface area contributed by atoms with E-state index in [0.717, 1.165) is 16.8 Å². The van der Waals surface area contributed by atoms with Gasteiger partial charge in [-0.15, -0.1) is 0 Å². The van der Waals surface area contributed by atoms with Crippen LogP contribution in [0.1, 0.15) is 16.8 Å². The van der Waals surface area contributed by atoms with Crippen molar-refractivity contribution in [3.8, 4) is 5.88 Å². The van der Waals surface area contributed by atoms with Gasteiger partial charge in [-0.25, -0.2) is 4.98 Å². The lowest BCUT2D eigenvalue weighted by Gasteiger charge is -2.08. The number of ether oxygens (including phenoxy) is 1. The number of pyridine rings is 1. The molecule has 1 heterocycles. The predicted octanol–water partition coefficient (Wildman–Crippen LogP) is 3.11. The Balaban J connectivity index is 2.05. The Labute approximate surface area is 111 Å². The molecule has 18 heavy (non-hydrogen) atoms. The highest BCUT2D eigenvalue weighted by atomic mass is 35.5. The number of aryl methyl sites for hydroxylation is 1. The highest BCUT2D eigenvalue weighted by molar-refractivity contribution is 6.30. The Morgan fingerprint density at radius 1 is 1.17 bits per heavy atom. The highest BCUT2D eigenvalue weighted by Crippen LogP contribution is 2.15. The maximum absolute atomic E-state index is 9.10. The smallest absolute Gasteiger partial charge is 0.214 e. The Bertz CT molecular complexity index is 526. The van der Waals surface area contributed by atoms with E-state index in [1.165, 1.54) is 0 Å². The molecule has 94 valence electrons. The summed E-state index contributed by atoms with van der Waals surface area (Å²) in [5.41, 5.74) is 2.65. The summed E-state index contributed by atoms with van der Waals surface area (Å²) in [6.45, 7) is 2.29. The Morgan fingerprint density at radius 2 is 1.89 bits per heavy atom. The zero-order valence-corrected chi connectivity index (χ0v) is 10.8. The molecular weight excluding hydrogens is 250 g/mol. The highest BCUT2D eigenvalue weighted by Gasteiger charge is 2.01. The molecule has 3 nitrogen and oxygen atoms in total. The molecule has 0 aliphatic carbocycles. The fourth-order valence-electron chi connectivity index (χ4n) is 1.61. The van der Waals surface area contributed by atoms with Crippen molar-refractivity contribution in [1.29, 1.82) is 0 Å². The van der Waals surface area contributed by atoms with Gasteiger partial charge in [-0.05, 0) is 36.2 Å². The van der Waals surface area contributed by atoms with E-state index in [1.807, 2.05) is 37.3 Å². The SMILES string of the molecule is Cc1cc(CO)cc(OCc2ccc(Cl)cc2)n1. The van der Waals surface area contributed by atoms with Crippen LogP contribution in [0, 0.1) is 6.92 Å². The zero-order valence-electron chi connectivity index (χ0n) is 10.1. The fourth-order valence-corrected chi connectivity index (χ4v) is 1.74. The zero-order chi connectivity index (χ0) is 13.0. The monoisotopic (exact) mass is 263 g/mol. The normalized spacial score (nSPS) is 10.4. The van der Waals surface area contributed by atoms with Crippen molar-refractivity contribution in [3.05, 3.63) is 58.2 Å². The minimum absolute atomic E-state index is 0.0132. The number of aliphatic hydroxyl groups is 1.